The Labute approximate surface area is 267 Å². The molecule has 3 amide bonds. The summed E-state index contributed by atoms with van der Waals surface area (Å²) in [5, 5.41) is 12.1. The third-order valence-corrected chi connectivity index (χ3v) is 6.97. The van der Waals surface area contributed by atoms with Gasteiger partial charge in [0.05, 0.1) is 36.1 Å². The number of carbonyl (C=O) groups is 3. The molecular formula is C32H38ClN7O5. The van der Waals surface area contributed by atoms with Crippen LogP contribution in [0.1, 0.15) is 45.6 Å². The van der Waals surface area contributed by atoms with Crippen molar-refractivity contribution >= 4 is 64.0 Å². The zero-order valence-electron chi connectivity index (χ0n) is 25.8. The average molecular weight is 636 g/mol. The van der Waals surface area contributed by atoms with Crippen molar-refractivity contribution in [2.24, 2.45) is 0 Å². The summed E-state index contributed by atoms with van der Waals surface area (Å²) < 4.78 is 11.1. The number of methoxy groups -OCH3 is 1. The van der Waals surface area contributed by atoms with Crippen LogP contribution in [-0.4, -0.2) is 53.7 Å². The zero-order valence-corrected chi connectivity index (χ0v) is 26.6. The molecule has 0 saturated carbocycles. The Hall–Kier alpha value is -4.84. The lowest BCUT2D eigenvalue weighted by atomic mass is 10.0. The molecule has 0 saturated heterocycles. The Morgan fingerprint density at radius 1 is 1.09 bits per heavy atom. The van der Waals surface area contributed by atoms with Gasteiger partial charge in [-0.05, 0) is 70.4 Å². The van der Waals surface area contributed by atoms with E-state index in [1.165, 1.54) is 12.3 Å². The first-order valence-electron chi connectivity index (χ1n) is 14.5. The van der Waals surface area contributed by atoms with Gasteiger partial charge < -0.3 is 35.6 Å². The summed E-state index contributed by atoms with van der Waals surface area (Å²) in [6.45, 7) is 9.68. The number of nitrogens with one attached hydrogen (secondary N) is 4. The first-order valence-corrected chi connectivity index (χ1v) is 14.9. The molecule has 0 bridgehead atoms. The van der Waals surface area contributed by atoms with Gasteiger partial charge in [-0.1, -0.05) is 30.3 Å². The summed E-state index contributed by atoms with van der Waals surface area (Å²) in [6.07, 6.45) is 4.38. The van der Waals surface area contributed by atoms with Crippen molar-refractivity contribution in [1.82, 2.24) is 15.3 Å². The summed E-state index contributed by atoms with van der Waals surface area (Å²) in [4.78, 5) is 47.6. The Morgan fingerprint density at radius 3 is 2.56 bits per heavy atom. The van der Waals surface area contributed by atoms with Crippen LogP contribution in [-0.2, 0) is 20.7 Å². The van der Waals surface area contributed by atoms with Crippen molar-refractivity contribution < 1.29 is 23.9 Å². The lowest BCUT2D eigenvalue weighted by Gasteiger charge is -2.25. The molecule has 4 N–H and O–H groups in total. The van der Waals surface area contributed by atoms with E-state index >= 15 is 0 Å². The van der Waals surface area contributed by atoms with Crippen LogP contribution in [0.15, 0.2) is 55.3 Å². The highest BCUT2D eigenvalue weighted by Crippen LogP contribution is 2.40. The van der Waals surface area contributed by atoms with E-state index in [-0.39, 0.29) is 22.8 Å². The molecule has 12 nitrogen and oxygen atoms in total. The number of ether oxygens (including phenoxy) is 2. The SMILES string of the molecule is C=CC(=O)Nc1ccccc1Nc1nc(Nc2ccc3c(c2OC)CCCC(=O)N3CCCNC(=O)OC(C)(C)C)ncc1Cl. The molecule has 2 heterocycles. The molecule has 1 aliphatic heterocycles. The number of anilines is 6. The van der Waals surface area contributed by atoms with E-state index in [4.69, 9.17) is 21.1 Å². The minimum absolute atomic E-state index is 0.00934. The first kappa shape index (κ1) is 33.1. The highest BCUT2D eigenvalue weighted by Gasteiger charge is 2.26. The van der Waals surface area contributed by atoms with E-state index in [9.17, 15) is 14.4 Å². The number of rotatable bonds is 11. The van der Waals surface area contributed by atoms with E-state index in [1.54, 1.807) is 51.0 Å². The number of nitrogens with zero attached hydrogens (tertiary/aromatic N) is 3. The molecule has 45 heavy (non-hydrogen) atoms. The highest BCUT2D eigenvalue weighted by molar-refractivity contribution is 6.33. The molecule has 0 aliphatic carbocycles. The number of halogens is 1. The van der Waals surface area contributed by atoms with E-state index in [2.05, 4.69) is 37.8 Å². The van der Waals surface area contributed by atoms with Crippen molar-refractivity contribution in [3.8, 4) is 5.75 Å². The fourth-order valence-electron chi connectivity index (χ4n) is 4.76. The molecule has 0 atom stereocenters. The zero-order chi connectivity index (χ0) is 32.6. The Balaban J connectivity index is 1.53. The van der Waals surface area contributed by atoms with Crippen LogP contribution >= 0.6 is 11.6 Å². The maximum atomic E-state index is 13.1. The van der Waals surface area contributed by atoms with Gasteiger partial charge in [0, 0.05) is 25.1 Å². The molecule has 4 rings (SSSR count). The Kier molecular flexibility index (Phi) is 10.8. The number of hydrogen-bond donors (Lipinski definition) is 4. The summed E-state index contributed by atoms with van der Waals surface area (Å²) in [7, 11) is 1.58. The molecule has 0 radical (unpaired) electrons. The normalized spacial score (nSPS) is 12.8. The molecule has 0 spiro atoms. The third-order valence-electron chi connectivity index (χ3n) is 6.69. The molecule has 238 valence electrons. The van der Waals surface area contributed by atoms with Gasteiger partial charge in [-0.15, -0.1) is 0 Å². The monoisotopic (exact) mass is 635 g/mol. The van der Waals surface area contributed by atoms with E-state index < -0.39 is 11.7 Å². The molecular weight excluding hydrogens is 598 g/mol. The lowest BCUT2D eigenvalue weighted by Crippen LogP contribution is -2.36. The summed E-state index contributed by atoms with van der Waals surface area (Å²) in [5.41, 5.74) is 2.77. The predicted molar refractivity (Wildman–Crippen MR) is 176 cm³/mol. The molecule has 0 fully saturated rings. The van der Waals surface area contributed by atoms with Crippen LogP contribution in [0.4, 0.5) is 39.3 Å². The van der Waals surface area contributed by atoms with Gasteiger partial charge in [0.2, 0.25) is 17.8 Å². The van der Waals surface area contributed by atoms with Crippen LogP contribution in [0.25, 0.3) is 0 Å². The van der Waals surface area contributed by atoms with Gasteiger partial charge in [-0.2, -0.15) is 4.98 Å². The van der Waals surface area contributed by atoms with E-state index in [0.717, 1.165) is 11.3 Å². The van der Waals surface area contributed by atoms with E-state index in [0.29, 0.717) is 67.4 Å². The van der Waals surface area contributed by atoms with Crippen molar-refractivity contribution in [2.75, 3.05) is 41.0 Å². The number of fused-ring (bicyclic) bond motifs is 1. The predicted octanol–water partition coefficient (Wildman–Crippen LogP) is 6.33. The summed E-state index contributed by atoms with van der Waals surface area (Å²) in [6, 6.07) is 10.8. The average Bonchev–Trinajstić information content (AvgIpc) is 3.14. The fraction of sp³-hybridized carbons (Fsp3) is 0.344. The maximum absolute atomic E-state index is 13.1. The van der Waals surface area contributed by atoms with Gasteiger partial charge in [0.25, 0.3) is 0 Å². The van der Waals surface area contributed by atoms with Gasteiger partial charge in [-0.3, -0.25) is 9.59 Å². The van der Waals surface area contributed by atoms with Crippen LogP contribution in [0.2, 0.25) is 5.02 Å². The minimum atomic E-state index is -0.586. The van der Waals surface area contributed by atoms with Crippen molar-refractivity contribution in [3.05, 3.63) is 65.8 Å². The quantitative estimate of drug-likeness (QED) is 0.140. The van der Waals surface area contributed by atoms with Gasteiger partial charge >= 0.3 is 6.09 Å². The highest BCUT2D eigenvalue weighted by atomic mass is 35.5. The lowest BCUT2D eigenvalue weighted by molar-refractivity contribution is -0.118. The third kappa shape index (κ3) is 8.85. The van der Waals surface area contributed by atoms with Gasteiger partial charge in [0.1, 0.15) is 16.4 Å². The van der Waals surface area contributed by atoms with Crippen LogP contribution in [0.5, 0.6) is 5.75 Å². The molecule has 3 aromatic rings. The second-order valence-electron chi connectivity index (χ2n) is 11.2. The van der Waals surface area contributed by atoms with Crippen LogP contribution < -0.4 is 30.9 Å². The number of hydrogen-bond acceptors (Lipinski definition) is 9. The van der Waals surface area contributed by atoms with E-state index in [1.807, 2.05) is 18.2 Å². The largest absolute Gasteiger partial charge is 0.494 e. The number of aromatic nitrogens is 2. The number of para-hydroxylation sites is 2. The van der Waals surface area contributed by atoms with Crippen molar-refractivity contribution in [3.63, 3.8) is 0 Å². The Bertz CT molecular complexity index is 1570. The van der Waals surface area contributed by atoms with Crippen LogP contribution in [0, 0.1) is 0 Å². The van der Waals surface area contributed by atoms with Crippen molar-refractivity contribution in [1.29, 1.82) is 0 Å². The minimum Gasteiger partial charge on any atom is -0.494 e. The summed E-state index contributed by atoms with van der Waals surface area (Å²) in [5.74, 6) is 0.802. The van der Waals surface area contributed by atoms with Gasteiger partial charge in [0.15, 0.2) is 5.82 Å². The smallest absolute Gasteiger partial charge is 0.407 e. The number of alkyl carbamates (subject to hydrolysis) is 1. The maximum Gasteiger partial charge on any atom is 0.407 e. The molecule has 1 aliphatic rings. The topological polar surface area (TPSA) is 147 Å². The molecule has 0 unspecified atom stereocenters. The second kappa shape index (κ2) is 14.8. The fourth-order valence-corrected chi connectivity index (χ4v) is 4.90. The second-order valence-corrected chi connectivity index (χ2v) is 11.6. The molecule has 2 aromatic carbocycles. The standard InChI is InChI=1S/C32H38ClN7O5/c1-6-26(41)36-22-12-7-8-13-23(22)37-29-21(33)19-35-30(39-29)38-24-15-16-25-20(28(24)44-5)11-9-14-27(42)40(25)18-10-17-34-31(43)45-32(2,3)4/h6-8,12-13,15-16,19H,1,9-11,14,17-18H2,2-5H3,(H,34,43)(H,36,41)(H2,35,37,38,39). The number of benzene rings is 2. The molecule has 1 aromatic heterocycles. The van der Waals surface area contributed by atoms with Gasteiger partial charge in [-0.25, -0.2) is 9.78 Å². The van der Waals surface area contributed by atoms with Crippen LogP contribution in [0.3, 0.4) is 0 Å². The molecule has 13 heteroatoms. The number of amides is 3. The first-order chi connectivity index (χ1) is 21.5. The summed E-state index contributed by atoms with van der Waals surface area (Å²) >= 11 is 6.42. The van der Waals surface area contributed by atoms with Crippen molar-refractivity contribution in [2.45, 2.75) is 52.1 Å². The Morgan fingerprint density at radius 2 is 1.84 bits per heavy atom. The number of carbonyl (C=O) groups excluding carboxylic acids is 3.